The molecule has 0 bridgehead atoms. The van der Waals surface area contributed by atoms with E-state index in [2.05, 4.69) is 21.2 Å². The van der Waals surface area contributed by atoms with Crippen LogP contribution in [-0.2, 0) is 10.0 Å². The molecule has 25 heavy (non-hydrogen) atoms. The van der Waals surface area contributed by atoms with E-state index in [9.17, 15) is 8.42 Å². The molecule has 2 aromatic carbocycles. The Bertz CT molecular complexity index is 1090. The summed E-state index contributed by atoms with van der Waals surface area (Å²) in [6.45, 7) is 0. The number of sulfonamides is 1. The van der Waals surface area contributed by atoms with E-state index in [1.807, 2.05) is 0 Å². The lowest BCUT2D eigenvalue weighted by Crippen LogP contribution is -2.11. The van der Waals surface area contributed by atoms with Crippen molar-refractivity contribution in [2.24, 2.45) is 5.14 Å². The van der Waals surface area contributed by atoms with Crippen LogP contribution < -0.4 is 15.2 Å². The van der Waals surface area contributed by atoms with Crippen LogP contribution in [0.4, 0.5) is 11.6 Å². The number of methoxy groups -OCH3 is 1. The van der Waals surface area contributed by atoms with Crippen LogP contribution >= 0.6 is 0 Å². The van der Waals surface area contributed by atoms with Gasteiger partial charge in [0.25, 0.3) is 0 Å². The van der Waals surface area contributed by atoms with Gasteiger partial charge in [-0.2, -0.15) is 0 Å². The van der Waals surface area contributed by atoms with Crippen molar-refractivity contribution in [3.63, 3.8) is 0 Å². The van der Waals surface area contributed by atoms with Crippen LogP contribution in [0.1, 0.15) is 5.56 Å². The molecule has 0 radical (unpaired) electrons. The molecule has 0 aliphatic carbocycles. The molecule has 0 unspecified atom stereocenters. The Kier molecular flexibility index (Phi) is 4.27. The van der Waals surface area contributed by atoms with Crippen LogP contribution in [0.15, 0.2) is 47.5 Å². The lowest BCUT2D eigenvalue weighted by atomic mass is 10.1. The molecule has 3 N–H and O–H groups in total. The quantitative estimate of drug-likeness (QED) is 0.694. The van der Waals surface area contributed by atoms with Crippen molar-refractivity contribution in [3.8, 4) is 18.1 Å². The summed E-state index contributed by atoms with van der Waals surface area (Å²) in [5.74, 6) is 3.46. The molecule has 0 aliphatic heterocycles. The van der Waals surface area contributed by atoms with Crippen molar-refractivity contribution in [3.05, 3.63) is 48.2 Å². The van der Waals surface area contributed by atoms with Crippen LogP contribution in [0.5, 0.6) is 5.75 Å². The van der Waals surface area contributed by atoms with Crippen LogP contribution in [0.25, 0.3) is 10.9 Å². The van der Waals surface area contributed by atoms with Gasteiger partial charge in [0.2, 0.25) is 16.0 Å². The average Bonchev–Trinajstić information content (AvgIpc) is 2.60. The Morgan fingerprint density at radius 3 is 2.56 bits per heavy atom. The summed E-state index contributed by atoms with van der Waals surface area (Å²) in [5, 5.41) is 8.86. The monoisotopic (exact) mass is 354 g/mol. The molecule has 0 amide bonds. The predicted molar refractivity (Wildman–Crippen MR) is 95.1 cm³/mol. The van der Waals surface area contributed by atoms with Crippen LogP contribution in [0, 0.1) is 12.3 Å². The fraction of sp³-hybridized carbons (Fsp3) is 0.0588. The number of benzene rings is 2. The first-order valence-corrected chi connectivity index (χ1v) is 8.66. The highest BCUT2D eigenvalue weighted by atomic mass is 32.2. The van der Waals surface area contributed by atoms with E-state index in [1.54, 1.807) is 30.5 Å². The maximum Gasteiger partial charge on any atom is 0.238 e. The normalized spacial score (nSPS) is 11.1. The molecule has 0 aliphatic rings. The van der Waals surface area contributed by atoms with Crippen molar-refractivity contribution in [2.75, 3.05) is 12.4 Å². The van der Waals surface area contributed by atoms with Crippen molar-refractivity contribution in [1.29, 1.82) is 0 Å². The lowest BCUT2D eigenvalue weighted by Gasteiger charge is -2.08. The number of nitrogens with two attached hydrogens (primary N) is 1. The first-order chi connectivity index (χ1) is 11.9. The van der Waals surface area contributed by atoms with E-state index in [0.717, 1.165) is 5.39 Å². The van der Waals surface area contributed by atoms with Gasteiger partial charge in [0.05, 0.1) is 23.1 Å². The average molecular weight is 354 g/mol. The number of ether oxygens (including phenoxy) is 1. The Morgan fingerprint density at radius 2 is 1.96 bits per heavy atom. The van der Waals surface area contributed by atoms with Crippen molar-refractivity contribution in [2.45, 2.75) is 4.90 Å². The third-order valence-corrected chi connectivity index (χ3v) is 4.42. The maximum absolute atomic E-state index is 11.3. The highest BCUT2D eigenvalue weighted by molar-refractivity contribution is 7.89. The number of nitrogens with one attached hydrogen (secondary N) is 1. The van der Waals surface area contributed by atoms with Gasteiger partial charge in [0.1, 0.15) is 5.75 Å². The van der Waals surface area contributed by atoms with Crippen molar-refractivity contribution >= 4 is 32.6 Å². The molecule has 8 heteroatoms. The van der Waals surface area contributed by atoms with Crippen LogP contribution in [-0.4, -0.2) is 25.5 Å². The smallest absolute Gasteiger partial charge is 0.238 e. The molecule has 0 atom stereocenters. The number of fused-ring (bicyclic) bond motifs is 1. The molecule has 126 valence electrons. The minimum Gasteiger partial charge on any atom is -0.495 e. The number of primary sulfonamides is 1. The molecule has 1 heterocycles. The summed E-state index contributed by atoms with van der Waals surface area (Å²) in [7, 11) is -2.19. The Hall–Kier alpha value is -3.15. The van der Waals surface area contributed by atoms with Gasteiger partial charge in [-0.1, -0.05) is 5.92 Å². The molecule has 3 rings (SSSR count). The second-order valence-electron chi connectivity index (χ2n) is 5.14. The third kappa shape index (κ3) is 3.52. The Morgan fingerprint density at radius 1 is 1.24 bits per heavy atom. The maximum atomic E-state index is 11.3. The summed E-state index contributed by atoms with van der Waals surface area (Å²) in [6.07, 6.45) is 7.10. The van der Waals surface area contributed by atoms with Crippen LogP contribution in [0.2, 0.25) is 0 Å². The number of rotatable bonds is 4. The van der Waals surface area contributed by atoms with E-state index in [1.165, 1.54) is 19.2 Å². The molecule has 3 aromatic rings. The number of hydrogen-bond acceptors (Lipinski definition) is 6. The van der Waals surface area contributed by atoms with E-state index in [-0.39, 0.29) is 4.90 Å². The number of terminal acetylenes is 1. The number of hydrogen-bond donors (Lipinski definition) is 2. The Balaban J connectivity index is 1.93. The number of nitrogens with zero attached hydrogens (tertiary/aromatic N) is 2. The fourth-order valence-corrected chi connectivity index (χ4v) is 2.77. The molecule has 1 aromatic heterocycles. The highest BCUT2D eigenvalue weighted by Gasteiger charge is 2.09. The topological polar surface area (TPSA) is 107 Å². The van der Waals surface area contributed by atoms with Crippen molar-refractivity contribution in [1.82, 2.24) is 9.97 Å². The third-order valence-electron chi connectivity index (χ3n) is 3.50. The number of anilines is 2. The van der Waals surface area contributed by atoms with Gasteiger partial charge in [-0.05, 0) is 30.3 Å². The summed E-state index contributed by atoms with van der Waals surface area (Å²) in [4.78, 5) is 8.67. The molecule has 0 fully saturated rings. The lowest BCUT2D eigenvalue weighted by molar-refractivity contribution is 0.414. The van der Waals surface area contributed by atoms with Gasteiger partial charge in [-0.3, -0.25) is 0 Å². The van der Waals surface area contributed by atoms with Gasteiger partial charge in [0, 0.05) is 23.3 Å². The molecule has 0 saturated carbocycles. The fourth-order valence-electron chi connectivity index (χ4n) is 2.26. The molecule has 7 nitrogen and oxygen atoms in total. The zero-order valence-electron chi connectivity index (χ0n) is 13.2. The number of aromatic nitrogens is 2. The van der Waals surface area contributed by atoms with E-state index < -0.39 is 10.0 Å². The summed E-state index contributed by atoms with van der Waals surface area (Å²) < 4.78 is 27.8. The van der Waals surface area contributed by atoms with E-state index in [0.29, 0.717) is 28.5 Å². The van der Waals surface area contributed by atoms with Gasteiger partial charge >= 0.3 is 0 Å². The zero-order valence-corrected chi connectivity index (χ0v) is 14.0. The minimum absolute atomic E-state index is 0.0315. The second-order valence-corrected chi connectivity index (χ2v) is 6.71. The van der Waals surface area contributed by atoms with E-state index in [4.69, 9.17) is 16.3 Å². The summed E-state index contributed by atoms with van der Waals surface area (Å²) >= 11 is 0. The molecule has 0 spiro atoms. The summed E-state index contributed by atoms with van der Waals surface area (Å²) in [6, 6.07) is 9.48. The SMILES string of the molecule is C#Cc1cc2cnc(Nc3ccc(S(N)(=O)=O)cc3)nc2cc1OC. The molecular weight excluding hydrogens is 340 g/mol. The first-order valence-electron chi connectivity index (χ1n) is 7.12. The highest BCUT2D eigenvalue weighted by Crippen LogP contribution is 2.25. The molecule has 0 saturated heterocycles. The van der Waals surface area contributed by atoms with Gasteiger partial charge < -0.3 is 10.1 Å². The standard InChI is InChI=1S/C17H14N4O3S/c1-3-11-8-12-10-19-17(21-15(12)9-16(11)24-2)20-13-4-6-14(7-5-13)25(18,22)23/h1,4-10H,2H3,(H2,18,22,23)(H,19,20,21). The molecular formula is C17H14N4O3S. The van der Waals surface area contributed by atoms with Gasteiger partial charge in [-0.25, -0.2) is 23.5 Å². The largest absolute Gasteiger partial charge is 0.495 e. The van der Waals surface area contributed by atoms with Crippen molar-refractivity contribution < 1.29 is 13.2 Å². The minimum atomic E-state index is -3.72. The van der Waals surface area contributed by atoms with E-state index >= 15 is 0 Å². The van der Waals surface area contributed by atoms with Gasteiger partial charge in [-0.15, -0.1) is 6.42 Å². The first kappa shape index (κ1) is 16.7. The Labute approximate surface area is 144 Å². The zero-order chi connectivity index (χ0) is 18.0. The predicted octanol–water partition coefficient (Wildman–Crippen LogP) is 2.01. The van der Waals surface area contributed by atoms with Crippen LogP contribution in [0.3, 0.4) is 0 Å². The summed E-state index contributed by atoms with van der Waals surface area (Å²) in [5.41, 5.74) is 1.91. The second kappa shape index (κ2) is 6.39. The van der Waals surface area contributed by atoms with Gasteiger partial charge in [0.15, 0.2) is 0 Å².